The Morgan fingerprint density at radius 2 is 2.26 bits per heavy atom. The highest BCUT2D eigenvalue weighted by Crippen LogP contribution is 2.15. The first-order valence-corrected chi connectivity index (χ1v) is 8.42. The van der Waals surface area contributed by atoms with Crippen LogP contribution < -0.4 is 5.32 Å². The van der Waals surface area contributed by atoms with Crippen molar-refractivity contribution in [2.24, 2.45) is 0 Å². The lowest BCUT2D eigenvalue weighted by Crippen LogP contribution is -2.40. The largest absolute Gasteiger partial charge is 0.376 e. The van der Waals surface area contributed by atoms with Gasteiger partial charge in [0, 0.05) is 38.9 Å². The van der Waals surface area contributed by atoms with Crippen LogP contribution in [0.2, 0.25) is 0 Å². The highest BCUT2D eigenvalue weighted by molar-refractivity contribution is 5.94. The van der Waals surface area contributed by atoms with Gasteiger partial charge in [0.25, 0.3) is 5.91 Å². The minimum Gasteiger partial charge on any atom is -0.376 e. The van der Waals surface area contributed by atoms with E-state index in [4.69, 9.17) is 4.74 Å². The molecule has 1 unspecified atom stereocenters. The van der Waals surface area contributed by atoms with Crippen LogP contribution in [-0.4, -0.2) is 58.8 Å². The molecule has 1 aromatic rings. The van der Waals surface area contributed by atoms with E-state index in [0.29, 0.717) is 38.2 Å². The first kappa shape index (κ1) is 16.0. The van der Waals surface area contributed by atoms with Crippen molar-refractivity contribution in [3.05, 3.63) is 18.0 Å². The van der Waals surface area contributed by atoms with E-state index in [1.54, 1.807) is 22.0 Å². The number of nitrogens with one attached hydrogen (secondary N) is 1. The number of amides is 2. The molecule has 1 aromatic heterocycles. The van der Waals surface area contributed by atoms with Crippen LogP contribution in [0.5, 0.6) is 0 Å². The zero-order valence-corrected chi connectivity index (χ0v) is 13.4. The third kappa shape index (κ3) is 4.31. The first-order valence-electron chi connectivity index (χ1n) is 8.42. The highest BCUT2D eigenvalue weighted by atomic mass is 16.5. The molecule has 0 saturated carbocycles. The minimum atomic E-state index is -0.0458. The number of nitrogens with zero attached hydrogens (tertiary/aromatic N) is 3. The molecular formula is C16H24N4O3. The van der Waals surface area contributed by atoms with Gasteiger partial charge in [-0.25, -0.2) is 0 Å². The van der Waals surface area contributed by atoms with Gasteiger partial charge in [0.2, 0.25) is 5.91 Å². The van der Waals surface area contributed by atoms with Crippen molar-refractivity contribution < 1.29 is 14.3 Å². The van der Waals surface area contributed by atoms with Crippen LogP contribution in [0.4, 0.5) is 0 Å². The van der Waals surface area contributed by atoms with Crippen molar-refractivity contribution >= 4 is 11.8 Å². The van der Waals surface area contributed by atoms with Gasteiger partial charge in [-0.2, -0.15) is 5.10 Å². The fourth-order valence-corrected chi connectivity index (χ4v) is 3.05. The predicted octanol–water partition coefficient (Wildman–Crippen LogP) is 0.804. The molecule has 7 heteroatoms. The molecule has 0 bridgehead atoms. The van der Waals surface area contributed by atoms with E-state index in [1.165, 1.54) is 6.42 Å². The summed E-state index contributed by atoms with van der Waals surface area (Å²) in [5, 5.41) is 7.12. The second-order valence-corrected chi connectivity index (χ2v) is 6.19. The quantitative estimate of drug-likeness (QED) is 0.894. The monoisotopic (exact) mass is 320 g/mol. The molecule has 3 heterocycles. The van der Waals surface area contributed by atoms with E-state index in [-0.39, 0.29) is 17.9 Å². The normalized spacial score (nSPS) is 23.0. The van der Waals surface area contributed by atoms with Gasteiger partial charge < -0.3 is 15.0 Å². The average molecular weight is 320 g/mol. The second kappa shape index (κ2) is 7.59. The van der Waals surface area contributed by atoms with Crippen molar-refractivity contribution in [1.82, 2.24) is 20.0 Å². The molecule has 2 fully saturated rings. The van der Waals surface area contributed by atoms with Gasteiger partial charge in [0.1, 0.15) is 0 Å². The number of carbonyl (C=O) groups excluding carboxylic acids is 2. The maximum Gasteiger partial charge on any atom is 0.257 e. The van der Waals surface area contributed by atoms with Crippen LogP contribution in [0.25, 0.3) is 0 Å². The van der Waals surface area contributed by atoms with Crippen LogP contribution in [0, 0.1) is 0 Å². The summed E-state index contributed by atoms with van der Waals surface area (Å²) in [5.41, 5.74) is 0.585. The zero-order valence-electron chi connectivity index (χ0n) is 13.4. The minimum absolute atomic E-state index is 0.00708. The Labute approximate surface area is 136 Å². The Hall–Kier alpha value is -1.89. The fourth-order valence-electron chi connectivity index (χ4n) is 3.05. The van der Waals surface area contributed by atoms with Crippen LogP contribution in [0.15, 0.2) is 12.4 Å². The molecule has 1 atom stereocenters. The first-order chi connectivity index (χ1) is 11.2. The number of carbonyl (C=O) groups is 2. The Morgan fingerprint density at radius 1 is 1.35 bits per heavy atom. The van der Waals surface area contributed by atoms with Crippen molar-refractivity contribution in [1.29, 1.82) is 0 Å². The standard InChI is InChI=1S/C16H24N4O3/c21-15-5-8-19(7-3-6-17-15)16(22)13-10-18-20(11-13)12-14-4-1-2-9-23-14/h10-11,14H,1-9,12H2,(H,17,21). The average Bonchev–Trinajstić information content (AvgIpc) is 3.00. The van der Waals surface area contributed by atoms with Gasteiger partial charge in [-0.05, 0) is 25.7 Å². The van der Waals surface area contributed by atoms with Gasteiger partial charge in [0.15, 0.2) is 0 Å². The molecule has 2 saturated heterocycles. The van der Waals surface area contributed by atoms with Crippen molar-refractivity contribution in [2.45, 2.75) is 44.8 Å². The molecule has 0 aliphatic carbocycles. The van der Waals surface area contributed by atoms with Gasteiger partial charge in [-0.15, -0.1) is 0 Å². The summed E-state index contributed by atoms with van der Waals surface area (Å²) in [6, 6.07) is 0. The Morgan fingerprint density at radius 3 is 3.09 bits per heavy atom. The van der Waals surface area contributed by atoms with Crippen LogP contribution in [0.3, 0.4) is 0 Å². The van der Waals surface area contributed by atoms with Crippen molar-refractivity contribution in [3.63, 3.8) is 0 Å². The van der Waals surface area contributed by atoms with Gasteiger partial charge >= 0.3 is 0 Å². The van der Waals surface area contributed by atoms with E-state index >= 15 is 0 Å². The maximum atomic E-state index is 12.6. The molecule has 0 radical (unpaired) electrons. The molecule has 2 aliphatic heterocycles. The summed E-state index contributed by atoms with van der Waals surface area (Å²) in [6.45, 7) is 3.25. The van der Waals surface area contributed by atoms with E-state index in [0.717, 1.165) is 25.9 Å². The summed E-state index contributed by atoms with van der Waals surface area (Å²) in [6.07, 6.45) is 8.09. The fraction of sp³-hybridized carbons (Fsp3) is 0.688. The molecule has 0 spiro atoms. The number of hydrogen-bond acceptors (Lipinski definition) is 4. The SMILES string of the molecule is O=C1CCN(C(=O)c2cnn(CC3CCCCO3)c2)CCCN1. The van der Waals surface area contributed by atoms with Crippen LogP contribution in [0.1, 0.15) is 42.5 Å². The second-order valence-electron chi connectivity index (χ2n) is 6.19. The summed E-state index contributed by atoms with van der Waals surface area (Å²) in [7, 11) is 0. The van der Waals surface area contributed by atoms with E-state index in [1.807, 2.05) is 0 Å². The summed E-state index contributed by atoms with van der Waals surface area (Å²) in [4.78, 5) is 25.8. The third-order valence-corrected chi connectivity index (χ3v) is 4.37. The number of hydrogen-bond donors (Lipinski definition) is 1. The zero-order chi connectivity index (χ0) is 16.1. The topological polar surface area (TPSA) is 76.5 Å². The molecule has 2 amide bonds. The molecular weight excluding hydrogens is 296 g/mol. The van der Waals surface area contributed by atoms with Gasteiger partial charge in [-0.1, -0.05) is 0 Å². The molecule has 23 heavy (non-hydrogen) atoms. The van der Waals surface area contributed by atoms with Gasteiger partial charge in [-0.3, -0.25) is 14.3 Å². The molecule has 7 nitrogen and oxygen atoms in total. The lowest BCUT2D eigenvalue weighted by Gasteiger charge is -2.24. The highest BCUT2D eigenvalue weighted by Gasteiger charge is 2.21. The summed E-state index contributed by atoms with van der Waals surface area (Å²) in [5.74, 6) is -0.0387. The Balaban J connectivity index is 1.59. The number of ether oxygens (including phenoxy) is 1. The molecule has 0 aromatic carbocycles. The smallest absolute Gasteiger partial charge is 0.257 e. The van der Waals surface area contributed by atoms with Crippen LogP contribution in [-0.2, 0) is 16.1 Å². The lowest BCUT2D eigenvalue weighted by molar-refractivity contribution is -0.121. The Kier molecular flexibility index (Phi) is 5.27. The number of rotatable bonds is 3. The molecule has 2 aliphatic rings. The van der Waals surface area contributed by atoms with Crippen molar-refractivity contribution in [2.75, 3.05) is 26.2 Å². The van der Waals surface area contributed by atoms with Crippen LogP contribution >= 0.6 is 0 Å². The molecule has 1 N–H and O–H groups in total. The summed E-state index contributed by atoms with van der Waals surface area (Å²) >= 11 is 0. The van der Waals surface area contributed by atoms with Crippen molar-refractivity contribution in [3.8, 4) is 0 Å². The maximum absolute atomic E-state index is 12.6. The third-order valence-electron chi connectivity index (χ3n) is 4.37. The van der Waals surface area contributed by atoms with Gasteiger partial charge in [0.05, 0.1) is 24.4 Å². The molecule has 126 valence electrons. The summed E-state index contributed by atoms with van der Waals surface area (Å²) < 4.78 is 7.50. The van der Waals surface area contributed by atoms with E-state index in [2.05, 4.69) is 10.4 Å². The predicted molar refractivity (Wildman–Crippen MR) is 84.0 cm³/mol. The lowest BCUT2D eigenvalue weighted by atomic mass is 10.1. The molecule has 3 rings (SSSR count). The van der Waals surface area contributed by atoms with E-state index in [9.17, 15) is 9.59 Å². The number of aromatic nitrogens is 2. The Bertz CT molecular complexity index is 551. The van der Waals surface area contributed by atoms with E-state index < -0.39 is 0 Å².